The Hall–Kier alpha value is -3.12. The molecule has 2 aromatic carbocycles. The number of thiocarbonyl (C=S) groups is 1. The molecule has 2 rings (SSSR count). The number of methoxy groups -OCH3 is 1. The van der Waals surface area contributed by atoms with E-state index in [1.165, 1.54) is 0 Å². The van der Waals surface area contributed by atoms with E-state index in [9.17, 15) is 4.79 Å². The highest BCUT2D eigenvalue weighted by atomic mass is 32.1. The normalized spacial score (nSPS) is 10.6. The van der Waals surface area contributed by atoms with Gasteiger partial charge in [-0.3, -0.25) is 10.1 Å². The van der Waals surface area contributed by atoms with Crippen molar-refractivity contribution in [3.8, 4) is 5.75 Å². The van der Waals surface area contributed by atoms with Gasteiger partial charge < -0.3 is 14.8 Å². The first-order valence-corrected chi connectivity index (χ1v) is 9.17. The molecule has 6 heteroatoms. The highest BCUT2D eigenvalue weighted by Gasteiger charge is 2.12. The van der Waals surface area contributed by atoms with Crippen molar-refractivity contribution in [2.75, 3.05) is 12.4 Å². The zero-order valence-corrected chi connectivity index (χ0v) is 17.2. The lowest BCUT2D eigenvalue weighted by Crippen LogP contribution is -2.34. The summed E-state index contributed by atoms with van der Waals surface area (Å²) in [5.41, 5.74) is 3.09. The molecule has 0 saturated carbocycles. The molecule has 0 aromatic heterocycles. The van der Waals surface area contributed by atoms with Crippen LogP contribution in [-0.4, -0.2) is 18.1 Å². The lowest BCUT2D eigenvalue weighted by molar-refractivity contribution is 0.0977. The van der Waals surface area contributed by atoms with Gasteiger partial charge in [-0.1, -0.05) is 18.2 Å². The summed E-state index contributed by atoms with van der Waals surface area (Å²) in [7, 11) is 1.59. The molecule has 2 N–H and O–H groups in total. The fourth-order valence-corrected chi connectivity index (χ4v) is 2.58. The highest BCUT2D eigenvalue weighted by Crippen LogP contribution is 2.30. The quantitative estimate of drug-likeness (QED) is 0.524. The molecular formula is C22H24N2O3S. The van der Waals surface area contributed by atoms with Gasteiger partial charge in [-0.2, -0.15) is 0 Å². The Kier molecular flexibility index (Phi) is 7.77. The molecule has 146 valence electrons. The molecule has 0 unspecified atom stereocenters. The second-order valence-electron chi connectivity index (χ2n) is 6.16. The minimum absolute atomic E-state index is 0.204. The number of carbonyl (C=O) groups excluding carboxylic acids is 1. The second kappa shape index (κ2) is 10.3. The van der Waals surface area contributed by atoms with Crippen molar-refractivity contribution in [1.82, 2.24) is 5.32 Å². The van der Waals surface area contributed by atoms with E-state index in [-0.39, 0.29) is 11.0 Å². The molecule has 0 fully saturated rings. The molecule has 0 aliphatic carbocycles. The van der Waals surface area contributed by atoms with Crippen molar-refractivity contribution in [3.05, 3.63) is 77.6 Å². The van der Waals surface area contributed by atoms with Crippen LogP contribution < -0.4 is 15.4 Å². The number of benzene rings is 2. The van der Waals surface area contributed by atoms with Crippen LogP contribution in [0.1, 0.15) is 36.7 Å². The lowest BCUT2D eigenvalue weighted by atomic mass is 10.1. The summed E-state index contributed by atoms with van der Waals surface area (Å²) < 4.78 is 11.2. The molecule has 2 aromatic rings. The summed E-state index contributed by atoms with van der Waals surface area (Å²) in [6.07, 6.45) is 3.56. The maximum absolute atomic E-state index is 12.2. The third-order valence-corrected chi connectivity index (χ3v) is 3.88. The summed E-state index contributed by atoms with van der Waals surface area (Å²) in [4.78, 5) is 12.2. The predicted molar refractivity (Wildman–Crippen MR) is 117 cm³/mol. The van der Waals surface area contributed by atoms with E-state index in [2.05, 4.69) is 10.6 Å². The van der Waals surface area contributed by atoms with Gasteiger partial charge in [0.25, 0.3) is 5.91 Å². The van der Waals surface area contributed by atoms with E-state index in [4.69, 9.17) is 21.7 Å². The Labute approximate surface area is 171 Å². The summed E-state index contributed by atoms with van der Waals surface area (Å²) >= 11 is 5.24. The van der Waals surface area contributed by atoms with Crippen molar-refractivity contribution in [2.45, 2.75) is 20.8 Å². The number of ether oxygens (including phenoxy) is 2. The molecular weight excluding hydrogens is 372 g/mol. The minimum atomic E-state index is -0.270. The number of rotatable bonds is 6. The van der Waals surface area contributed by atoms with Crippen molar-refractivity contribution >= 4 is 34.7 Å². The van der Waals surface area contributed by atoms with Gasteiger partial charge in [-0.15, -0.1) is 0 Å². The first kappa shape index (κ1) is 21.2. The molecule has 0 aliphatic rings. The largest absolute Gasteiger partial charge is 0.496 e. The van der Waals surface area contributed by atoms with E-state index in [0.29, 0.717) is 22.8 Å². The van der Waals surface area contributed by atoms with Crippen LogP contribution in [0.4, 0.5) is 5.69 Å². The van der Waals surface area contributed by atoms with E-state index in [0.717, 1.165) is 11.1 Å². The number of hydrogen-bond donors (Lipinski definition) is 2. The average molecular weight is 397 g/mol. The zero-order chi connectivity index (χ0) is 20.5. The standard InChI is InChI=1S/C22H24N2O3S/c1-5-19(27-14-15(2)3)18-12-11-17(13-20(18)26-4)23-22(28)24-21(25)16-9-7-6-8-10-16/h5-14H,1-4H3,(H2,23,24,25,28)/b19-5-. The Morgan fingerprint density at radius 2 is 1.82 bits per heavy atom. The number of amides is 1. The van der Waals surface area contributed by atoms with Crippen LogP contribution in [0.15, 0.2) is 66.4 Å². The van der Waals surface area contributed by atoms with Crippen molar-refractivity contribution in [3.63, 3.8) is 0 Å². The molecule has 28 heavy (non-hydrogen) atoms. The first-order valence-electron chi connectivity index (χ1n) is 8.76. The molecule has 0 aliphatic heterocycles. The minimum Gasteiger partial charge on any atom is -0.496 e. The molecule has 0 saturated heterocycles. The van der Waals surface area contributed by atoms with Crippen molar-refractivity contribution in [2.24, 2.45) is 0 Å². The van der Waals surface area contributed by atoms with Crippen LogP contribution in [0.3, 0.4) is 0 Å². The van der Waals surface area contributed by atoms with Crippen LogP contribution in [0.2, 0.25) is 0 Å². The van der Waals surface area contributed by atoms with Gasteiger partial charge in [-0.25, -0.2) is 0 Å². The number of nitrogens with one attached hydrogen (secondary N) is 2. The smallest absolute Gasteiger partial charge is 0.257 e. The van der Waals surface area contributed by atoms with E-state index < -0.39 is 0 Å². The molecule has 1 amide bonds. The lowest BCUT2D eigenvalue weighted by Gasteiger charge is -2.15. The van der Waals surface area contributed by atoms with Gasteiger partial charge in [0.1, 0.15) is 11.5 Å². The van der Waals surface area contributed by atoms with Gasteiger partial charge in [0.05, 0.1) is 18.9 Å². The molecule has 0 atom stereocenters. The molecule has 0 radical (unpaired) electrons. The molecule has 0 bridgehead atoms. The molecule has 5 nitrogen and oxygen atoms in total. The third kappa shape index (κ3) is 5.96. The van der Waals surface area contributed by atoms with Crippen LogP contribution >= 0.6 is 12.2 Å². The third-order valence-electron chi connectivity index (χ3n) is 3.67. The molecule has 0 spiro atoms. The van der Waals surface area contributed by atoms with Gasteiger partial charge in [-0.05, 0) is 68.9 Å². The molecule has 0 heterocycles. The average Bonchev–Trinajstić information content (AvgIpc) is 2.69. The van der Waals surface area contributed by atoms with Crippen LogP contribution in [0.25, 0.3) is 5.76 Å². The summed E-state index contributed by atoms with van der Waals surface area (Å²) in [5, 5.41) is 5.86. The summed E-state index contributed by atoms with van der Waals surface area (Å²) in [6.45, 7) is 5.82. The van der Waals surface area contributed by atoms with Gasteiger partial charge in [0, 0.05) is 17.3 Å². The topological polar surface area (TPSA) is 59.6 Å². The predicted octanol–water partition coefficient (Wildman–Crippen LogP) is 5.12. The van der Waals surface area contributed by atoms with Crippen LogP contribution in [-0.2, 0) is 4.74 Å². The van der Waals surface area contributed by atoms with Gasteiger partial charge >= 0.3 is 0 Å². The maximum Gasteiger partial charge on any atom is 0.257 e. The number of carbonyl (C=O) groups is 1. The maximum atomic E-state index is 12.2. The highest BCUT2D eigenvalue weighted by molar-refractivity contribution is 7.80. The Morgan fingerprint density at radius 3 is 2.43 bits per heavy atom. The SMILES string of the molecule is C/C=C(\OC=C(C)C)c1ccc(NC(=S)NC(=O)c2ccccc2)cc1OC. The van der Waals surface area contributed by atoms with Crippen LogP contribution in [0.5, 0.6) is 5.75 Å². The second-order valence-corrected chi connectivity index (χ2v) is 6.56. The van der Waals surface area contributed by atoms with Gasteiger partial charge in [0.15, 0.2) is 5.11 Å². The van der Waals surface area contributed by atoms with Crippen molar-refractivity contribution < 1.29 is 14.3 Å². The number of anilines is 1. The number of allylic oxidation sites excluding steroid dienone is 2. The van der Waals surface area contributed by atoms with E-state index in [1.54, 1.807) is 43.7 Å². The van der Waals surface area contributed by atoms with E-state index >= 15 is 0 Å². The summed E-state index contributed by atoms with van der Waals surface area (Å²) in [6, 6.07) is 14.4. The van der Waals surface area contributed by atoms with Crippen LogP contribution in [0, 0.1) is 0 Å². The zero-order valence-electron chi connectivity index (χ0n) is 16.4. The number of hydrogen-bond acceptors (Lipinski definition) is 4. The first-order chi connectivity index (χ1) is 13.4. The Bertz CT molecular complexity index is 901. The fraction of sp³-hybridized carbons (Fsp3) is 0.182. The van der Waals surface area contributed by atoms with E-state index in [1.807, 2.05) is 45.0 Å². The fourth-order valence-electron chi connectivity index (χ4n) is 2.37. The van der Waals surface area contributed by atoms with Crippen molar-refractivity contribution in [1.29, 1.82) is 0 Å². The Morgan fingerprint density at radius 1 is 1.11 bits per heavy atom. The summed E-state index contributed by atoms with van der Waals surface area (Å²) in [5.74, 6) is 1.04. The Balaban J connectivity index is 2.11. The monoisotopic (exact) mass is 396 g/mol. The van der Waals surface area contributed by atoms with Gasteiger partial charge in [0.2, 0.25) is 0 Å².